The molecule has 0 aliphatic carbocycles. The van der Waals surface area contributed by atoms with Crippen molar-refractivity contribution in [1.82, 2.24) is 4.98 Å². The van der Waals surface area contributed by atoms with Gasteiger partial charge in [0.05, 0.1) is 12.2 Å². The monoisotopic (exact) mass is 235 g/mol. The Morgan fingerprint density at radius 2 is 2.29 bits per heavy atom. The number of unbranched alkanes of at least 4 members (excludes halogenated alkanes) is 2. The van der Waals surface area contributed by atoms with E-state index in [9.17, 15) is 4.79 Å². The van der Waals surface area contributed by atoms with Crippen LogP contribution in [0.1, 0.15) is 49.9 Å². The molecular weight excluding hydrogens is 214 g/mol. The Labute approximate surface area is 103 Å². The molecule has 94 valence electrons. The molecule has 0 spiro atoms. The first-order valence-electron chi connectivity index (χ1n) is 6.31. The molecule has 17 heavy (non-hydrogen) atoms. The fourth-order valence-corrected chi connectivity index (χ4v) is 1.61. The number of esters is 1. The zero-order valence-corrected chi connectivity index (χ0v) is 10.7. The first-order valence-corrected chi connectivity index (χ1v) is 6.31. The number of carbonyl (C=O) groups excluding carboxylic acids is 1. The van der Waals surface area contributed by atoms with Gasteiger partial charge in [-0.05, 0) is 24.5 Å². The van der Waals surface area contributed by atoms with Crippen LogP contribution in [0.15, 0.2) is 24.5 Å². The zero-order valence-electron chi connectivity index (χ0n) is 10.7. The Morgan fingerprint density at radius 1 is 1.47 bits per heavy atom. The van der Waals surface area contributed by atoms with E-state index >= 15 is 0 Å². The van der Waals surface area contributed by atoms with Gasteiger partial charge in [0, 0.05) is 12.4 Å². The van der Waals surface area contributed by atoms with E-state index in [1.54, 1.807) is 18.3 Å². The highest BCUT2D eigenvalue weighted by molar-refractivity contribution is 5.88. The standard InChI is InChI=1S/C14H21NO2/c1-3-4-5-7-12(2)11-17-14(16)13-8-6-9-15-10-13/h6,8-10,12H,3-5,7,11H2,1-2H3. The maximum atomic E-state index is 11.6. The molecule has 1 aromatic heterocycles. The predicted octanol–water partition coefficient (Wildman–Crippen LogP) is 3.45. The molecular formula is C14H21NO2. The second kappa shape index (κ2) is 7.82. The average Bonchev–Trinajstić information content (AvgIpc) is 2.37. The quantitative estimate of drug-likeness (QED) is 0.536. The first kappa shape index (κ1) is 13.7. The van der Waals surface area contributed by atoms with Crippen LogP contribution in [0.4, 0.5) is 0 Å². The van der Waals surface area contributed by atoms with Crippen LogP contribution >= 0.6 is 0 Å². The molecule has 3 heteroatoms. The fourth-order valence-electron chi connectivity index (χ4n) is 1.61. The number of nitrogens with zero attached hydrogens (tertiary/aromatic N) is 1. The van der Waals surface area contributed by atoms with Gasteiger partial charge in [-0.3, -0.25) is 4.98 Å². The highest BCUT2D eigenvalue weighted by Gasteiger charge is 2.09. The third-order valence-electron chi connectivity index (χ3n) is 2.70. The van der Waals surface area contributed by atoms with Gasteiger partial charge < -0.3 is 4.74 Å². The summed E-state index contributed by atoms with van der Waals surface area (Å²) in [6, 6.07) is 3.46. The minimum absolute atomic E-state index is 0.277. The van der Waals surface area contributed by atoms with Crippen LogP contribution in [0.5, 0.6) is 0 Å². The van der Waals surface area contributed by atoms with Crippen molar-refractivity contribution in [3.8, 4) is 0 Å². The van der Waals surface area contributed by atoms with Gasteiger partial charge in [-0.2, -0.15) is 0 Å². The summed E-state index contributed by atoms with van der Waals surface area (Å²) in [6.07, 6.45) is 7.98. The first-order chi connectivity index (χ1) is 8.24. The molecule has 1 unspecified atom stereocenters. The van der Waals surface area contributed by atoms with Gasteiger partial charge in [-0.15, -0.1) is 0 Å². The van der Waals surface area contributed by atoms with E-state index in [-0.39, 0.29) is 5.97 Å². The van der Waals surface area contributed by atoms with Crippen LogP contribution in [0.25, 0.3) is 0 Å². The molecule has 0 radical (unpaired) electrons. The maximum Gasteiger partial charge on any atom is 0.339 e. The molecule has 0 saturated heterocycles. The molecule has 0 aromatic carbocycles. The van der Waals surface area contributed by atoms with Gasteiger partial charge in [-0.1, -0.05) is 33.1 Å². The molecule has 0 N–H and O–H groups in total. The molecule has 1 atom stereocenters. The number of pyridine rings is 1. The Kier molecular flexibility index (Phi) is 6.30. The molecule has 0 aliphatic heterocycles. The molecule has 1 heterocycles. The third-order valence-corrected chi connectivity index (χ3v) is 2.70. The van der Waals surface area contributed by atoms with Gasteiger partial charge in [0.2, 0.25) is 0 Å². The number of rotatable bonds is 7. The number of hydrogen-bond acceptors (Lipinski definition) is 3. The molecule has 0 aliphatic rings. The van der Waals surface area contributed by atoms with E-state index in [1.165, 1.54) is 25.5 Å². The minimum Gasteiger partial charge on any atom is -0.462 e. The summed E-state index contributed by atoms with van der Waals surface area (Å²) in [7, 11) is 0. The van der Waals surface area contributed by atoms with Gasteiger partial charge in [-0.25, -0.2) is 4.79 Å². The van der Waals surface area contributed by atoms with E-state index in [0.29, 0.717) is 18.1 Å². The summed E-state index contributed by atoms with van der Waals surface area (Å²) in [5, 5.41) is 0. The highest BCUT2D eigenvalue weighted by atomic mass is 16.5. The maximum absolute atomic E-state index is 11.6. The van der Waals surface area contributed by atoms with Crippen molar-refractivity contribution in [3.05, 3.63) is 30.1 Å². The normalized spacial score (nSPS) is 12.1. The van der Waals surface area contributed by atoms with Gasteiger partial charge in [0.15, 0.2) is 0 Å². The Balaban J connectivity index is 2.24. The second-order valence-electron chi connectivity index (χ2n) is 4.44. The summed E-state index contributed by atoms with van der Waals surface area (Å²) in [5.41, 5.74) is 0.522. The Hall–Kier alpha value is -1.38. The molecule has 0 bridgehead atoms. The van der Waals surface area contributed by atoms with E-state index < -0.39 is 0 Å². The highest BCUT2D eigenvalue weighted by Crippen LogP contribution is 2.10. The van der Waals surface area contributed by atoms with Crippen molar-refractivity contribution in [1.29, 1.82) is 0 Å². The molecule has 0 saturated carbocycles. The Bertz CT molecular complexity index is 324. The zero-order chi connectivity index (χ0) is 12.5. The minimum atomic E-state index is -0.277. The number of hydrogen-bond donors (Lipinski definition) is 0. The lowest BCUT2D eigenvalue weighted by atomic mass is 10.0. The van der Waals surface area contributed by atoms with Crippen molar-refractivity contribution in [3.63, 3.8) is 0 Å². The number of carbonyl (C=O) groups is 1. The number of aromatic nitrogens is 1. The molecule has 3 nitrogen and oxygen atoms in total. The van der Waals surface area contributed by atoms with Crippen LogP contribution in [0.3, 0.4) is 0 Å². The average molecular weight is 235 g/mol. The largest absolute Gasteiger partial charge is 0.462 e. The van der Waals surface area contributed by atoms with Crippen molar-refractivity contribution in [2.24, 2.45) is 5.92 Å². The topological polar surface area (TPSA) is 39.2 Å². The fraction of sp³-hybridized carbons (Fsp3) is 0.571. The van der Waals surface area contributed by atoms with Crippen LogP contribution in [0, 0.1) is 5.92 Å². The van der Waals surface area contributed by atoms with Gasteiger partial charge in [0.25, 0.3) is 0 Å². The molecule has 1 rings (SSSR count). The van der Waals surface area contributed by atoms with E-state index in [2.05, 4.69) is 18.8 Å². The van der Waals surface area contributed by atoms with Gasteiger partial charge >= 0.3 is 5.97 Å². The van der Waals surface area contributed by atoms with Crippen LogP contribution in [0.2, 0.25) is 0 Å². The van der Waals surface area contributed by atoms with Gasteiger partial charge in [0.1, 0.15) is 0 Å². The van der Waals surface area contributed by atoms with Crippen molar-refractivity contribution in [2.45, 2.75) is 39.5 Å². The lowest BCUT2D eigenvalue weighted by Crippen LogP contribution is -2.12. The number of ether oxygens (including phenoxy) is 1. The smallest absolute Gasteiger partial charge is 0.339 e. The van der Waals surface area contributed by atoms with E-state index in [4.69, 9.17) is 4.74 Å². The van der Waals surface area contributed by atoms with Crippen LogP contribution < -0.4 is 0 Å². The molecule has 1 aromatic rings. The predicted molar refractivity (Wildman–Crippen MR) is 67.8 cm³/mol. The summed E-state index contributed by atoms with van der Waals surface area (Å²) in [4.78, 5) is 15.5. The van der Waals surface area contributed by atoms with Crippen LogP contribution in [-0.2, 0) is 4.74 Å². The van der Waals surface area contributed by atoms with E-state index in [0.717, 1.165) is 6.42 Å². The second-order valence-corrected chi connectivity index (χ2v) is 4.44. The summed E-state index contributed by atoms with van der Waals surface area (Å²) >= 11 is 0. The molecule has 0 fully saturated rings. The van der Waals surface area contributed by atoms with Crippen molar-refractivity contribution in [2.75, 3.05) is 6.61 Å². The summed E-state index contributed by atoms with van der Waals surface area (Å²) in [6.45, 7) is 4.80. The van der Waals surface area contributed by atoms with E-state index in [1.807, 2.05) is 0 Å². The molecule has 0 amide bonds. The van der Waals surface area contributed by atoms with Crippen molar-refractivity contribution < 1.29 is 9.53 Å². The lowest BCUT2D eigenvalue weighted by molar-refractivity contribution is 0.0442. The third kappa shape index (κ3) is 5.48. The lowest BCUT2D eigenvalue weighted by Gasteiger charge is -2.11. The van der Waals surface area contributed by atoms with Crippen molar-refractivity contribution >= 4 is 5.97 Å². The Morgan fingerprint density at radius 3 is 2.94 bits per heavy atom. The summed E-state index contributed by atoms with van der Waals surface area (Å²) in [5.74, 6) is 0.155. The summed E-state index contributed by atoms with van der Waals surface area (Å²) < 4.78 is 5.24. The van der Waals surface area contributed by atoms with Crippen LogP contribution in [-0.4, -0.2) is 17.6 Å². The SMILES string of the molecule is CCCCCC(C)COC(=O)c1cccnc1.